The zero-order valence-corrected chi connectivity index (χ0v) is 9.58. The van der Waals surface area contributed by atoms with Gasteiger partial charge in [-0.1, -0.05) is 0 Å². The number of nitrogens with zero attached hydrogens (tertiary/aromatic N) is 2. The maximum absolute atomic E-state index is 11.6. The van der Waals surface area contributed by atoms with Gasteiger partial charge < -0.3 is 10.1 Å². The van der Waals surface area contributed by atoms with Crippen LogP contribution in [0.15, 0.2) is 17.6 Å². The molecule has 0 atom stereocenters. The molecule has 0 aliphatic carbocycles. The second-order valence-electron chi connectivity index (χ2n) is 3.12. The van der Waals surface area contributed by atoms with Crippen LogP contribution in [0.2, 0.25) is 0 Å². The number of carbonyl (C=O) groups excluding carboxylic acids is 1. The molecule has 0 saturated heterocycles. The Morgan fingerprint density at radius 1 is 1.56 bits per heavy atom. The van der Waals surface area contributed by atoms with E-state index in [0.29, 0.717) is 18.8 Å². The zero-order valence-electron chi connectivity index (χ0n) is 8.77. The Morgan fingerprint density at radius 2 is 2.44 bits per heavy atom. The molecule has 1 N–H and O–H groups in total. The fraction of sp³-hybridized carbons (Fsp3) is 0.300. The molecule has 6 heteroatoms. The Morgan fingerprint density at radius 3 is 3.25 bits per heavy atom. The molecule has 2 rings (SSSR count). The van der Waals surface area contributed by atoms with Gasteiger partial charge in [0, 0.05) is 13.7 Å². The molecule has 0 fully saturated rings. The van der Waals surface area contributed by atoms with E-state index in [2.05, 4.69) is 15.3 Å². The molecule has 0 aliphatic rings. The molecular formula is C10H11N3O2S. The van der Waals surface area contributed by atoms with Crippen LogP contribution in [0.3, 0.4) is 0 Å². The molecule has 5 nitrogen and oxygen atoms in total. The van der Waals surface area contributed by atoms with Crippen molar-refractivity contribution in [1.82, 2.24) is 15.3 Å². The Balaban J connectivity index is 2.10. The molecule has 84 valence electrons. The first-order chi connectivity index (χ1) is 7.81. The fourth-order valence-electron chi connectivity index (χ4n) is 1.23. The van der Waals surface area contributed by atoms with Crippen molar-refractivity contribution in [3.8, 4) is 0 Å². The largest absolute Gasteiger partial charge is 0.383 e. The van der Waals surface area contributed by atoms with Crippen LogP contribution in [-0.2, 0) is 4.74 Å². The van der Waals surface area contributed by atoms with Gasteiger partial charge in [0.1, 0.15) is 10.5 Å². The number of fused-ring (bicyclic) bond motifs is 1. The van der Waals surface area contributed by atoms with E-state index in [1.165, 1.54) is 11.3 Å². The van der Waals surface area contributed by atoms with Gasteiger partial charge in [-0.15, -0.1) is 11.3 Å². The van der Waals surface area contributed by atoms with Gasteiger partial charge in [-0.2, -0.15) is 0 Å². The summed E-state index contributed by atoms with van der Waals surface area (Å²) in [6.45, 7) is 0.978. The van der Waals surface area contributed by atoms with Gasteiger partial charge in [0.2, 0.25) is 0 Å². The molecule has 0 saturated carbocycles. The smallest absolute Gasteiger partial charge is 0.270 e. The summed E-state index contributed by atoms with van der Waals surface area (Å²) in [4.78, 5) is 20.7. The third-order valence-corrected chi connectivity index (χ3v) is 2.76. The van der Waals surface area contributed by atoms with Gasteiger partial charge in [-0.3, -0.25) is 4.79 Å². The number of methoxy groups -OCH3 is 1. The van der Waals surface area contributed by atoms with Crippen molar-refractivity contribution in [2.24, 2.45) is 0 Å². The highest BCUT2D eigenvalue weighted by Gasteiger charge is 2.08. The highest BCUT2D eigenvalue weighted by Crippen LogP contribution is 2.14. The molecule has 2 aromatic rings. The summed E-state index contributed by atoms with van der Waals surface area (Å²) in [7, 11) is 1.59. The van der Waals surface area contributed by atoms with E-state index in [0.717, 1.165) is 10.3 Å². The van der Waals surface area contributed by atoms with E-state index in [4.69, 9.17) is 4.74 Å². The molecule has 16 heavy (non-hydrogen) atoms. The minimum Gasteiger partial charge on any atom is -0.383 e. The van der Waals surface area contributed by atoms with Gasteiger partial charge >= 0.3 is 0 Å². The lowest BCUT2D eigenvalue weighted by atomic mass is 10.3. The quantitative estimate of drug-likeness (QED) is 0.808. The monoisotopic (exact) mass is 237 g/mol. The van der Waals surface area contributed by atoms with Crippen molar-refractivity contribution < 1.29 is 9.53 Å². The lowest BCUT2D eigenvalue weighted by molar-refractivity contribution is 0.0932. The van der Waals surface area contributed by atoms with E-state index in [1.807, 2.05) is 0 Å². The maximum atomic E-state index is 11.6. The first kappa shape index (κ1) is 11.0. The highest BCUT2D eigenvalue weighted by atomic mass is 32.1. The van der Waals surface area contributed by atoms with Crippen LogP contribution in [0.25, 0.3) is 10.3 Å². The minimum absolute atomic E-state index is 0.188. The molecular weight excluding hydrogens is 226 g/mol. The summed E-state index contributed by atoms with van der Waals surface area (Å²) >= 11 is 1.42. The molecule has 0 spiro atoms. The van der Waals surface area contributed by atoms with Crippen LogP contribution in [0.1, 0.15) is 10.5 Å². The summed E-state index contributed by atoms with van der Waals surface area (Å²) in [5.41, 5.74) is 2.94. The third kappa shape index (κ3) is 2.34. The van der Waals surface area contributed by atoms with Crippen molar-refractivity contribution in [2.45, 2.75) is 0 Å². The number of hydrogen-bond acceptors (Lipinski definition) is 5. The second-order valence-corrected chi connectivity index (χ2v) is 3.96. The molecule has 0 aromatic carbocycles. The molecule has 0 unspecified atom stereocenters. The SMILES string of the molecule is COCCNC(=O)c1ccc2ncsc2n1. The Labute approximate surface area is 96.5 Å². The molecule has 2 aromatic heterocycles. The minimum atomic E-state index is -0.188. The van der Waals surface area contributed by atoms with E-state index in [1.54, 1.807) is 24.8 Å². The molecule has 0 aliphatic heterocycles. The van der Waals surface area contributed by atoms with Crippen LogP contribution >= 0.6 is 11.3 Å². The summed E-state index contributed by atoms with van der Waals surface area (Å²) in [6.07, 6.45) is 0. The Bertz CT molecular complexity index is 498. The van der Waals surface area contributed by atoms with Crippen LogP contribution < -0.4 is 5.32 Å². The summed E-state index contributed by atoms with van der Waals surface area (Å²) in [5.74, 6) is -0.188. The summed E-state index contributed by atoms with van der Waals surface area (Å²) in [5, 5.41) is 2.71. The average Bonchev–Trinajstić information content (AvgIpc) is 2.76. The first-order valence-corrected chi connectivity index (χ1v) is 5.66. The van der Waals surface area contributed by atoms with Crippen molar-refractivity contribution in [1.29, 1.82) is 0 Å². The zero-order chi connectivity index (χ0) is 11.4. The van der Waals surface area contributed by atoms with Crippen molar-refractivity contribution in [3.05, 3.63) is 23.3 Å². The Kier molecular flexibility index (Phi) is 3.43. The fourth-order valence-corrected chi connectivity index (χ4v) is 1.89. The number of hydrogen-bond donors (Lipinski definition) is 1. The van der Waals surface area contributed by atoms with Gasteiger partial charge in [0.15, 0.2) is 0 Å². The summed E-state index contributed by atoms with van der Waals surface area (Å²) < 4.78 is 4.84. The van der Waals surface area contributed by atoms with E-state index < -0.39 is 0 Å². The van der Waals surface area contributed by atoms with Crippen molar-refractivity contribution in [2.75, 3.05) is 20.3 Å². The predicted molar refractivity (Wildman–Crippen MR) is 61.6 cm³/mol. The Hall–Kier alpha value is -1.53. The van der Waals surface area contributed by atoms with Crippen LogP contribution in [-0.4, -0.2) is 36.1 Å². The molecule has 0 radical (unpaired) electrons. The van der Waals surface area contributed by atoms with Crippen molar-refractivity contribution in [3.63, 3.8) is 0 Å². The molecule has 2 heterocycles. The number of carbonyl (C=O) groups is 1. The summed E-state index contributed by atoms with van der Waals surface area (Å²) in [6, 6.07) is 3.47. The number of nitrogens with one attached hydrogen (secondary N) is 1. The number of rotatable bonds is 4. The topological polar surface area (TPSA) is 64.1 Å². The maximum Gasteiger partial charge on any atom is 0.270 e. The predicted octanol–water partition coefficient (Wildman–Crippen LogP) is 1.07. The van der Waals surface area contributed by atoms with Gasteiger partial charge in [0.05, 0.1) is 17.6 Å². The van der Waals surface area contributed by atoms with Gasteiger partial charge in [0.25, 0.3) is 5.91 Å². The normalized spacial score (nSPS) is 10.6. The number of pyridine rings is 1. The average molecular weight is 237 g/mol. The van der Waals surface area contributed by atoms with Crippen LogP contribution in [0.4, 0.5) is 0 Å². The number of thiazole rings is 1. The standard InChI is InChI=1S/C10H11N3O2S/c1-15-5-4-11-9(14)7-2-3-8-10(13-7)16-6-12-8/h2-3,6H,4-5H2,1H3,(H,11,14). The number of aromatic nitrogens is 2. The van der Waals surface area contributed by atoms with Gasteiger partial charge in [-0.25, -0.2) is 9.97 Å². The lowest BCUT2D eigenvalue weighted by Crippen LogP contribution is -2.27. The molecule has 0 bridgehead atoms. The van der Waals surface area contributed by atoms with E-state index in [-0.39, 0.29) is 5.91 Å². The highest BCUT2D eigenvalue weighted by molar-refractivity contribution is 7.16. The van der Waals surface area contributed by atoms with E-state index >= 15 is 0 Å². The lowest BCUT2D eigenvalue weighted by Gasteiger charge is -2.03. The number of ether oxygens (including phenoxy) is 1. The second kappa shape index (κ2) is 5.00. The molecule has 1 amide bonds. The number of amides is 1. The third-order valence-electron chi connectivity index (χ3n) is 2.02. The first-order valence-electron chi connectivity index (χ1n) is 4.78. The van der Waals surface area contributed by atoms with Crippen LogP contribution in [0, 0.1) is 0 Å². The van der Waals surface area contributed by atoms with Crippen molar-refractivity contribution >= 4 is 27.6 Å². The van der Waals surface area contributed by atoms with Crippen LogP contribution in [0.5, 0.6) is 0 Å². The van der Waals surface area contributed by atoms with E-state index in [9.17, 15) is 4.79 Å². The van der Waals surface area contributed by atoms with Gasteiger partial charge in [-0.05, 0) is 12.1 Å².